The van der Waals surface area contributed by atoms with Crippen LogP contribution in [0.3, 0.4) is 0 Å². The van der Waals surface area contributed by atoms with Gasteiger partial charge in [-0.3, -0.25) is 0 Å². The van der Waals surface area contributed by atoms with E-state index in [9.17, 15) is 0 Å². The molecule has 1 saturated heterocycles. The molecule has 0 nitrogen and oxygen atoms in total. The predicted molar refractivity (Wildman–Crippen MR) is 206 cm³/mol. The Morgan fingerprint density at radius 2 is 0.880 bits per heavy atom. The molecule has 0 spiro atoms. The first-order valence-corrected chi connectivity index (χ1v) is 24.9. The van der Waals surface area contributed by atoms with Gasteiger partial charge in [0, 0.05) is 0 Å². The van der Waals surface area contributed by atoms with E-state index in [2.05, 4.69) is 166 Å². The van der Waals surface area contributed by atoms with E-state index in [0.717, 1.165) is 0 Å². The molecule has 3 aliphatic rings. The van der Waals surface area contributed by atoms with Gasteiger partial charge < -0.3 is 24.8 Å². The Balaban J connectivity index is 0.00000243. The summed E-state index contributed by atoms with van der Waals surface area (Å²) in [4.78, 5) is 0. The number of hydrogen-bond donors (Lipinski definition) is 0. The molecule has 7 rings (SSSR count). The SMILES string of the molecule is CC(C)C1=Cc2c(-c3ccc(C(C)(C)C)cc3)cccc2[CH]1[Zr+2]1([CH]2C(C(C)C)=Cc3c(-c4ccc(C(C)(C)C)cc4)cccc32)[CH2]C[CH2]1.[Cl-].[Cl-]. The van der Waals surface area contributed by atoms with E-state index in [1.165, 1.54) is 59.2 Å². The molecule has 0 amide bonds. The quantitative estimate of drug-likeness (QED) is 0.187. The molecule has 50 heavy (non-hydrogen) atoms. The van der Waals surface area contributed by atoms with Crippen LogP contribution < -0.4 is 24.8 Å². The maximum absolute atomic E-state index is 2.94. The Labute approximate surface area is 320 Å². The summed E-state index contributed by atoms with van der Waals surface area (Å²) in [7, 11) is 0. The van der Waals surface area contributed by atoms with Crippen molar-refractivity contribution in [1.29, 1.82) is 0 Å². The van der Waals surface area contributed by atoms with Crippen LogP contribution in [-0.4, -0.2) is 0 Å². The number of fused-ring (bicyclic) bond motifs is 2. The molecule has 1 aliphatic heterocycles. The molecule has 1 heterocycles. The molecule has 2 aliphatic carbocycles. The molecule has 0 aromatic heterocycles. The number of halogens is 2. The van der Waals surface area contributed by atoms with Crippen LogP contribution >= 0.6 is 0 Å². The van der Waals surface area contributed by atoms with Crippen LogP contribution in [0.5, 0.6) is 0 Å². The number of benzene rings is 4. The zero-order valence-electron chi connectivity index (χ0n) is 31.9. The van der Waals surface area contributed by atoms with Crippen molar-refractivity contribution in [2.24, 2.45) is 11.8 Å². The Morgan fingerprint density at radius 1 is 0.520 bits per heavy atom. The fourth-order valence-corrected chi connectivity index (χ4v) is 25.4. The Morgan fingerprint density at radius 3 is 1.16 bits per heavy atom. The third-order valence-electron chi connectivity index (χ3n) is 12.1. The van der Waals surface area contributed by atoms with E-state index >= 15 is 0 Å². The van der Waals surface area contributed by atoms with Gasteiger partial charge in [0.1, 0.15) is 0 Å². The molecule has 3 heteroatoms. The fourth-order valence-electron chi connectivity index (χ4n) is 9.27. The summed E-state index contributed by atoms with van der Waals surface area (Å²) in [5.74, 6) is 1.10. The minimum atomic E-state index is -2.94. The zero-order valence-corrected chi connectivity index (χ0v) is 35.9. The van der Waals surface area contributed by atoms with Crippen molar-refractivity contribution in [2.45, 2.75) is 102 Å². The van der Waals surface area contributed by atoms with E-state index in [0.29, 0.717) is 19.1 Å². The van der Waals surface area contributed by atoms with Gasteiger partial charge in [-0.15, -0.1) is 0 Å². The summed E-state index contributed by atoms with van der Waals surface area (Å²) in [6.07, 6.45) is 6.74. The predicted octanol–water partition coefficient (Wildman–Crippen LogP) is 7.91. The molecule has 0 N–H and O–H groups in total. The third kappa shape index (κ3) is 6.63. The summed E-state index contributed by atoms with van der Waals surface area (Å²) in [6.45, 7) is 23.7. The van der Waals surface area contributed by atoms with Crippen molar-refractivity contribution < 1.29 is 45.1 Å². The smallest absolute Gasteiger partial charge is 1.00 e. The second-order valence-electron chi connectivity index (χ2n) is 17.8. The van der Waals surface area contributed by atoms with Crippen molar-refractivity contribution in [2.75, 3.05) is 0 Å². The number of allylic oxidation sites excluding steroid dienone is 2. The van der Waals surface area contributed by atoms with Crippen molar-refractivity contribution >= 4 is 12.2 Å². The van der Waals surface area contributed by atoms with Crippen LogP contribution in [-0.2, 0) is 31.1 Å². The first-order chi connectivity index (χ1) is 22.7. The Hall–Kier alpha value is -2.18. The first-order valence-electron chi connectivity index (χ1n) is 18.6. The molecule has 2 unspecified atom stereocenters. The molecular formula is C47H56Cl2Zr. The third-order valence-corrected chi connectivity index (χ3v) is 27.2. The molecule has 262 valence electrons. The van der Waals surface area contributed by atoms with Crippen LogP contribution in [0.25, 0.3) is 34.4 Å². The molecular weight excluding hydrogens is 727 g/mol. The summed E-state index contributed by atoms with van der Waals surface area (Å²) in [5.41, 5.74) is 18.4. The fraction of sp³-hybridized carbons (Fsp3) is 0.404. The largest absolute Gasteiger partial charge is 1.00 e. The molecule has 2 atom stereocenters. The van der Waals surface area contributed by atoms with Crippen molar-refractivity contribution in [3.05, 3.63) is 129 Å². The molecule has 0 radical (unpaired) electrons. The van der Waals surface area contributed by atoms with Crippen LogP contribution in [0.4, 0.5) is 0 Å². The number of rotatable bonds is 6. The van der Waals surface area contributed by atoms with Crippen molar-refractivity contribution in [3.8, 4) is 22.3 Å². The van der Waals surface area contributed by atoms with Gasteiger partial charge in [-0.1, -0.05) is 0 Å². The minimum absolute atomic E-state index is 0. The monoisotopic (exact) mass is 780 g/mol. The molecule has 1 fully saturated rings. The van der Waals surface area contributed by atoms with Crippen molar-refractivity contribution in [1.82, 2.24) is 0 Å². The Kier molecular flexibility index (Phi) is 11.2. The maximum Gasteiger partial charge on any atom is -1.00 e. The second kappa shape index (κ2) is 14.3. The number of hydrogen-bond acceptors (Lipinski definition) is 0. The molecule has 4 aromatic rings. The van der Waals surface area contributed by atoms with E-state index < -0.39 is 20.3 Å². The summed E-state index contributed by atoms with van der Waals surface area (Å²) in [6, 6.07) is 33.4. The van der Waals surface area contributed by atoms with Gasteiger partial charge in [0.15, 0.2) is 0 Å². The van der Waals surface area contributed by atoms with Crippen LogP contribution in [0.1, 0.15) is 116 Å². The minimum Gasteiger partial charge on any atom is -1.00 e. The zero-order chi connectivity index (χ0) is 34.2. The van der Waals surface area contributed by atoms with Gasteiger partial charge >= 0.3 is 298 Å². The van der Waals surface area contributed by atoms with Crippen LogP contribution in [0.2, 0.25) is 8.26 Å². The first kappa shape index (κ1) is 39.0. The molecule has 0 saturated carbocycles. The van der Waals surface area contributed by atoms with Crippen LogP contribution in [0, 0.1) is 11.8 Å². The van der Waals surface area contributed by atoms with Gasteiger partial charge in [-0.2, -0.15) is 0 Å². The van der Waals surface area contributed by atoms with Crippen LogP contribution in [0.15, 0.2) is 96.1 Å². The van der Waals surface area contributed by atoms with Crippen molar-refractivity contribution in [3.63, 3.8) is 0 Å². The summed E-state index contributed by atoms with van der Waals surface area (Å²) >= 11 is -2.94. The molecule has 4 aromatic carbocycles. The normalized spacial score (nSPS) is 18.6. The van der Waals surface area contributed by atoms with Gasteiger partial charge in [0.05, 0.1) is 0 Å². The topological polar surface area (TPSA) is 0 Å². The summed E-state index contributed by atoms with van der Waals surface area (Å²) < 4.78 is 4.27. The van der Waals surface area contributed by atoms with Gasteiger partial charge in [0.25, 0.3) is 0 Å². The Bertz CT molecular complexity index is 1770. The van der Waals surface area contributed by atoms with Gasteiger partial charge in [0.2, 0.25) is 0 Å². The van der Waals surface area contributed by atoms with E-state index in [1.807, 2.05) is 0 Å². The van der Waals surface area contributed by atoms with E-state index in [1.54, 1.807) is 22.3 Å². The second-order valence-corrected chi connectivity index (χ2v) is 29.2. The average Bonchev–Trinajstić information content (AvgIpc) is 3.61. The summed E-state index contributed by atoms with van der Waals surface area (Å²) in [5, 5.41) is 0. The van der Waals surface area contributed by atoms with E-state index in [-0.39, 0.29) is 35.6 Å². The van der Waals surface area contributed by atoms with Gasteiger partial charge in [-0.25, -0.2) is 0 Å². The standard InChI is InChI=1S/2C22H25.C3H6.2ClH.Zr/c2*1-15(2)18-13-17-7-6-8-20(21(17)14-18)16-9-11-19(12-10-16)22(3,4)5;1-3-2;;;/h2*6-15H,1-5H3;1-3H2;2*1H;/q;;;;;+2/p-2. The molecule has 0 bridgehead atoms. The van der Waals surface area contributed by atoms with Gasteiger partial charge in [-0.05, 0) is 0 Å². The maximum atomic E-state index is 2.66. The van der Waals surface area contributed by atoms with E-state index in [4.69, 9.17) is 0 Å². The average molecular weight is 783 g/mol.